The maximum atomic E-state index is 11.9. The van der Waals surface area contributed by atoms with E-state index in [1.165, 1.54) is 26.0 Å². The van der Waals surface area contributed by atoms with Crippen molar-refractivity contribution in [3.05, 3.63) is 33.4 Å². The number of benzene rings is 1. The number of hydrogen-bond donors (Lipinski definition) is 0. The Bertz CT molecular complexity index is 393. The maximum absolute atomic E-state index is 11.9. The van der Waals surface area contributed by atoms with Crippen LogP contribution in [-0.2, 0) is 0 Å². The Morgan fingerprint density at radius 3 is 2.47 bits per heavy atom. The Labute approximate surface area is 84.6 Å². The third kappa shape index (κ3) is 2.39. The molecule has 1 rings (SSSR count). The topological polar surface area (TPSA) is 52.4 Å². The van der Waals surface area contributed by atoms with Crippen molar-refractivity contribution in [1.82, 2.24) is 0 Å². The van der Waals surface area contributed by atoms with Gasteiger partial charge in [0.1, 0.15) is 5.75 Å². The van der Waals surface area contributed by atoms with Crippen LogP contribution in [0.4, 0.5) is 14.5 Å². The van der Waals surface area contributed by atoms with Crippen molar-refractivity contribution in [2.24, 2.45) is 0 Å². The number of alkyl halides is 2. The highest BCUT2D eigenvalue weighted by Gasteiger charge is 2.19. The summed E-state index contributed by atoms with van der Waals surface area (Å²) in [6, 6.07) is 2.67. The van der Waals surface area contributed by atoms with Crippen LogP contribution in [0.25, 0.3) is 0 Å². The number of halogens is 2. The van der Waals surface area contributed by atoms with E-state index in [2.05, 4.69) is 4.74 Å². The first kappa shape index (κ1) is 11.4. The summed E-state index contributed by atoms with van der Waals surface area (Å²) in [6.45, 7) is -0.0637. The molecule has 0 aromatic heterocycles. The Morgan fingerprint density at radius 2 is 2.00 bits per heavy atom. The van der Waals surface area contributed by atoms with Crippen LogP contribution in [0.2, 0.25) is 0 Å². The summed E-state index contributed by atoms with van der Waals surface area (Å²) in [7, 11) is 0. The maximum Gasteiger partial charge on any atom is 0.387 e. The highest BCUT2D eigenvalue weighted by atomic mass is 19.3. The molecule has 0 spiro atoms. The summed E-state index contributed by atoms with van der Waals surface area (Å²) in [5.74, 6) is -0.165. The van der Waals surface area contributed by atoms with E-state index in [4.69, 9.17) is 0 Å². The van der Waals surface area contributed by atoms with Crippen LogP contribution in [-0.4, -0.2) is 11.5 Å². The molecular weight excluding hydrogens is 208 g/mol. The van der Waals surface area contributed by atoms with Gasteiger partial charge in [0, 0.05) is 5.56 Å². The fourth-order valence-corrected chi connectivity index (χ4v) is 1.32. The van der Waals surface area contributed by atoms with Gasteiger partial charge in [-0.05, 0) is 26.0 Å². The lowest BCUT2D eigenvalue weighted by Crippen LogP contribution is -2.05. The molecule has 0 radical (unpaired) electrons. The number of nitro benzene ring substituents is 1. The molecule has 82 valence electrons. The zero-order chi connectivity index (χ0) is 11.6. The molecule has 0 saturated heterocycles. The molecule has 0 bridgehead atoms. The second-order valence-corrected chi connectivity index (χ2v) is 2.99. The molecule has 15 heavy (non-hydrogen) atoms. The molecule has 1 aromatic rings. The van der Waals surface area contributed by atoms with Gasteiger partial charge < -0.3 is 4.74 Å². The van der Waals surface area contributed by atoms with Gasteiger partial charge in [0.15, 0.2) is 0 Å². The normalized spacial score (nSPS) is 10.5. The van der Waals surface area contributed by atoms with Gasteiger partial charge in [0.2, 0.25) is 0 Å². The van der Waals surface area contributed by atoms with Gasteiger partial charge in [-0.3, -0.25) is 10.1 Å². The molecule has 0 heterocycles. The van der Waals surface area contributed by atoms with Crippen molar-refractivity contribution in [1.29, 1.82) is 0 Å². The molecule has 0 fully saturated rings. The highest BCUT2D eigenvalue weighted by Crippen LogP contribution is 2.31. The first-order valence-corrected chi connectivity index (χ1v) is 4.13. The van der Waals surface area contributed by atoms with E-state index in [0.717, 1.165) is 0 Å². The number of ether oxygens (including phenoxy) is 1. The van der Waals surface area contributed by atoms with Crippen LogP contribution in [0.5, 0.6) is 5.75 Å². The van der Waals surface area contributed by atoms with Gasteiger partial charge in [0.25, 0.3) is 5.69 Å². The standard InChI is InChI=1S/C9H9F2NO3/c1-5-3-4-7(15-9(10)11)6(2)8(5)12(13)14/h3-4,9H,1-2H3. The van der Waals surface area contributed by atoms with E-state index < -0.39 is 11.5 Å². The quantitative estimate of drug-likeness (QED) is 0.577. The summed E-state index contributed by atoms with van der Waals surface area (Å²) in [6.07, 6.45) is 0. The first-order chi connectivity index (χ1) is 6.93. The lowest BCUT2D eigenvalue weighted by molar-refractivity contribution is -0.386. The van der Waals surface area contributed by atoms with Gasteiger partial charge in [-0.25, -0.2) is 0 Å². The molecule has 0 amide bonds. The van der Waals surface area contributed by atoms with E-state index in [-0.39, 0.29) is 17.0 Å². The van der Waals surface area contributed by atoms with Crippen LogP contribution in [0.3, 0.4) is 0 Å². The minimum absolute atomic E-state index is 0.111. The van der Waals surface area contributed by atoms with Crippen molar-refractivity contribution in [3.8, 4) is 5.75 Å². The summed E-state index contributed by atoms with van der Waals surface area (Å²) in [5.41, 5.74) is 0.340. The molecule has 1 aromatic carbocycles. The van der Waals surface area contributed by atoms with Gasteiger partial charge in [-0.1, -0.05) is 0 Å². The van der Waals surface area contributed by atoms with Crippen LogP contribution in [0.15, 0.2) is 12.1 Å². The monoisotopic (exact) mass is 217 g/mol. The van der Waals surface area contributed by atoms with Crippen molar-refractivity contribution in [3.63, 3.8) is 0 Å². The largest absolute Gasteiger partial charge is 0.434 e. The van der Waals surface area contributed by atoms with Crippen molar-refractivity contribution in [2.45, 2.75) is 20.5 Å². The predicted octanol–water partition coefficient (Wildman–Crippen LogP) is 2.81. The number of hydrogen-bond acceptors (Lipinski definition) is 3. The minimum atomic E-state index is -2.98. The molecule has 0 atom stereocenters. The van der Waals surface area contributed by atoms with Crippen molar-refractivity contribution in [2.75, 3.05) is 0 Å². The number of rotatable bonds is 3. The zero-order valence-electron chi connectivity index (χ0n) is 8.16. The lowest BCUT2D eigenvalue weighted by Gasteiger charge is -2.09. The minimum Gasteiger partial charge on any atom is -0.434 e. The van der Waals surface area contributed by atoms with Crippen LogP contribution in [0.1, 0.15) is 11.1 Å². The second kappa shape index (κ2) is 4.20. The Morgan fingerprint density at radius 1 is 1.40 bits per heavy atom. The summed E-state index contributed by atoms with van der Waals surface area (Å²) >= 11 is 0. The van der Waals surface area contributed by atoms with Gasteiger partial charge >= 0.3 is 6.61 Å². The van der Waals surface area contributed by atoms with Crippen LogP contribution < -0.4 is 4.74 Å². The smallest absolute Gasteiger partial charge is 0.387 e. The molecule has 0 unspecified atom stereocenters. The van der Waals surface area contributed by atoms with Gasteiger partial charge in [-0.15, -0.1) is 0 Å². The summed E-state index contributed by atoms with van der Waals surface area (Å²) in [5, 5.41) is 10.6. The molecule has 4 nitrogen and oxygen atoms in total. The number of aryl methyl sites for hydroxylation is 1. The number of nitrogens with zero attached hydrogens (tertiary/aromatic N) is 1. The van der Waals surface area contributed by atoms with Crippen molar-refractivity contribution >= 4 is 5.69 Å². The Hall–Kier alpha value is -1.72. The lowest BCUT2D eigenvalue weighted by atomic mass is 10.1. The number of nitro groups is 1. The summed E-state index contributed by atoms with van der Waals surface area (Å²) in [4.78, 5) is 10.0. The van der Waals surface area contributed by atoms with E-state index >= 15 is 0 Å². The third-order valence-corrected chi connectivity index (χ3v) is 1.98. The van der Waals surface area contributed by atoms with Gasteiger partial charge in [-0.2, -0.15) is 8.78 Å². The fourth-order valence-electron chi connectivity index (χ4n) is 1.32. The molecule has 0 aliphatic carbocycles. The average Bonchev–Trinajstić information content (AvgIpc) is 2.09. The van der Waals surface area contributed by atoms with Gasteiger partial charge in [0.05, 0.1) is 10.5 Å². The van der Waals surface area contributed by atoms with Crippen LogP contribution >= 0.6 is 0 Å². The van der Waals surface area contributed by atoms with E-state index in [1.54, 1.807) is 0 Å². The molecule has 0 aliphatic rings. The Kier molecular flexibility index (Phi) is 3.18. The highest BCUT2D eigenvalue weighted by molar-refractivity contribution is 5.53. The van der Waals surface area contributed by atoms with Crippen molar-refractivity contribution < 1.29 is 18.4 Å². The van der Waals surface area contributed by atoms with Crippen LogP contribution in [0, 0.1) is 24.0 Å². The van der Waals surface area contributed by atoms with E-state index in [1.807, 2.05) is 0 Å². The third-order valence-electron chi connectivity index (χ3n) is 1.98. The predicted molar refractivity (Wildman–Crippen MR) is 49.2 cm³/mol. The van der Waals surface area contributed by atoms with E-state index in [9.17, 15) is 18.9 Å². The molecule has 0 aliphatic heterocycles. The van der Waals surface area contributed by atoms with E-state index in [0.29, 0.717) is 5.56 Å². The Balaban J connectivity index is 3.22. The SMILES string of the molecule is Cc1ccc(OC(F)F)c(C)c1[N+](=O)[O-]. The molecule has 6 heteroatoms. The first-order valence-electron chi connectivity index (χ1n) is 4.13. The molecule has 0 saturated carbocycles. The zero-order valence-corrected chi connectivity index (χ0v) is 8.16. The average molecular weight is 217 g/mol. The fraction of sp³-hybridized carbons (Fsp3) is 0.333. The molecule has 0 N–H and O–H groups in total. The second-order valence-electron chi connectivity index (χ2n) is 2.99. The summed E-state index contributed by atoms with van der Waals surface area (Å²) < 4.78 is 28.0. The molecular formula is C9H9F2NO3.